The van der Waals surface area contributed by atoms with E-state index in [0.29, 0.717) is 12.0 Å². The van der Waals surface area contributed by atoms with Crippen LogP contribution in [0.1, 0.15) is 46.5 Å². The number of urea groups is 1. The van der Waals surface area contributed by atoms with E-state index in [2.05, 4.69) is 35.9 Å². The maximum Gasteiger partial charge on any atom is 0.317 e. The molecule has 0 spiro atoms. The van der Waals surface area contributed by atoms with Crippen molar-refractivity contribution in [1.29, 1.82) is 0 Å². The number of unbranched alkanes of at least 4 members (excludes halogenated alkanes) is 1. The summed E-state index contributed by atoms with van der Waals surface area (Å²) in [5.74, 6) is 0.622. The lowest BCUT2D eigenvalue weighted by Crippen LogP contribution is -2.50. The van der Waals surface area contributed by atoms with Gasteiger partial charge in [0.15, 0.2) is 0 Å². The van der Waals surface area contributed by atoms with Crippen LogP contribution in [0.5, 0.6) is 0 Å². The molecule has 0 aromatic rings. The SMILES string of the molecule is CCN1CCN(CCCCNC(=O)N2CCC[C@H](C)[C@H]2C)CC1. The average molecular weight is 325 g/mol. The third-order valence-corrected chi connectivity index (χ3v) is 5.72. The van der Waals surface area contributed by atoms with Gasteiger partial charge in [0.1, 0.15) is 0 Å². The number of hydrogen-bond donors (Lipinski definition) is 1. The zero-order valence-electron chi connectivity index (χ0n) is 15.4. The van der Waals surface area contributed by atoms with Gasteiger partial charge in [-0.25, -0.2) is 4.79 Å². The Balaban J connectivity index is 1.54. The number of amides is 2. The van der Waals surface area contributed by atoms with E-state index in [1.165, 1.54) is 52.1 Å². The Morgan fingerprint density at radius 3 is 2.43 bits per heavy atom. The minimum Gasteiger partial charge on any atom is -0.338 e. The molecule has 0 aliphatic carbocycles. The van der Waals surface area contributed by atoms with Gasteiger partial charge >= 0.3 is 6.03 Å². The minimum absolute atomic E-state index is 0.139. The van der Waals surface area contributed by atoms with Crippen molar-refractivity contribution in [2.75, 3.05) is 52.4 Å². The smallest absolute Gasteiger partial charge is 0.317 e. The first-order chi connectivity index (χ1) is 11.1. The van der Waals surface area contributed by atoms with E-state index in [1.54, 1.807) is 0 Å². The van der Waals surface area contributed by atoms with Crippen LogP contribution in [0.25, 0.3) is 0 Å². The molecule has 134 valence electrons. The first-order valence-corrected chi connectivity index (χ1v) is 9.61. The summed E-state index contributed by atoms with van der Waals surface area (Å²) in [5.41, 5.74) is 0. The average Bonchev–Trinajstić information content (AvgIpc) is 2.57. The van der Waals surface area contributed by atoms with Crippen LogP contribution in [0.2, 0.25) is 0 Å². The van der Waals surface area contributed by atoms with Crippen molar-refractivity contribution in [3.63, 3.8) is 0 Å². The van der Waals surface area contributed by atoms with Gasteiger partial charge in [0.2, 0.25) is 0 Å². The lowest BCUT2D eigenvalue weighted by molar-refractivity contribution is 0.127. The third-order valence-electron chi connectivity index (χ3n) is 5.72. The highest BCUT2D eigenvalue weighted by Gasteiger charge is 2.27. The van der Waals surface area contributed by atoms with Gasteiger partial charge in [-0.15, -0.1) is 0 Å². The highest BCUT2D eigenvalue weighted by molar-refractivity contribution is 5.74. The summed E-state index contributed by atoms with van der Waals surface area (Å²) in [7, 11) is 0. The van der Waals surface area contributed by atoms with E-state index in [0.717, 1.165) is 25.9 Å². The second-order valence-electron chi connectivity index (χ2n) is 7.27. The first-order valence-electron chi connectivity index (χ1n) is 9.61. The summed E-state index contributed by atoms with van der Waals surface area (Å²) in [5, 5.41) is 3.12. The molecule has 0 unspecified atom stereocenters. The molecule has 2 aliphatic rings. The van der Waals surface area contributed by atoms with Crippen molar-refractivity contribution >= 4 is 6.03 Å². The van der Waals surface area contributed by atoms with Crippen LogP contribution in [0.15, 0.2) is 0 Å². The standard InChI is InChI=1S/C18H36N4O/c1-4-20-12-14-21(15-13-20)10-6-5-9-19-18(23)22-11-7-8-16(2)17(22)3/h16-17H,4-15H2,1-3H3,(H,19,23)/t16-,17+/m0/s1. The summed E-state index contributed by atoms with van der Waals surface area (Å²) >= 11 is 0. The van der Waals surface area contributed by atoms with Crippen molar-refractivity contribution in [3.8, 4) is 0 Å². The summed E-state index contributed by atoms with van der Waals surface area (Å²) in [6.45, 7) is 15.6. The van der Waals surface area contributed by atoms with Crippen molar-refractivity contribution in [3.05, 3.63) is 0 Å². The number of likely N-dealkylation sites (N-methyl/N-ethyl adjacent to an activating group) is 1. The number of nitrogens with zero attached hydrogens (tertiary/aromatic N) is 3. The highest BCUT2D eigenvalue weighted by atomic mass is 16.2. The predicted octanol–water partition coefficient (Wildman–Crippen LogP) is 2.23. The van der Waals surface area contributed by atoms with E-state index >= 15 is 0 Å². The fourth-order valence-corrected chi connectivity index (χ4v) is 3.71. The molecule has 2 amide bonds. The zero-order chi connectivity index (χ0) is 16.7. The monoisotopic (exact) mass is 324 g/mol. The molecule has 2 aliphatic heterocycles. The normalized spacial score (nSPS) is 27.2. The van der Waals surface area contributed by atoms with Gasteiger partial charge in [0, 0.05) is 45.3 Å². The van der Waals surface area contributed by atoms with Crippen molar-refractivity contribution in [2.24, 2.45) is 5.92 Å². The molecule has 0 saturated carbocycles. The first kappa shape index (κ1) is 18.5. The number of piperidine rings is 1. The molecule has 2 heterocycles. The number of carbonyl (C=O) groups excluding carboxylic acids is 1. The summed E-state index contributed by atoms with van der Waals surface area (Å²) in [4.78, 5) is 19.4. The van der Waals surface area contributed by atoms with Crippen molar-refractivity contribution in [2.45, 2.75) is 52.5 Å². The number of likely N-dealkylation sites (tertiary alicyclic amines) is 1. The quantitative estimate of drug-likeness (QED) is 0.762. The molecule has 2 atom stereocenters. The molecule has 23 heavy (non-hydrogen) atoms. The number of rotatable bonds is 6. The van der Waals surface area contributed by atoms with Crippen LogP contribution in [0, 0.1) is 5.92 Å². The molecule has 0 aromatic carbocycles. The van der Waals surface area contributed by atoms with Crippen LogP contribution >= 0.6 is 0 Å². The Bertz CT molecular complexity index is 355. The third kappa shape index (κ3) is 5.64. The molecule has 1 N–H and O–H groups in total. The van der Waals surface area contributed by atoms with Crippen molar-refractivity contribution in [1.82, 2.24) is 20.0 Å². The molecular weight excluding hydrogens is 288 g/mol. The zero-order valence-corrected chi connectivity index (χ0v) is 15.4. The fraction of sp³-hybridized carbons (Fsp3) is 0.944. The molecule has 2 saturated heterocycles. The Morgan fingerprint density at radius 2 is 1.74 bits per heavy atom. The van der Waals surface area contributed by atoms with Crippen LogP contribution in [-0.2, 0) is 0 Å². The van der Waals surface area contributed by atoms with Gasteiger partial charge < -0.3 is 20.0 Å². The second-order valence-corrected chi connectivity index (χ2v) is 7.27. The largest absolute Gasteiger partial charge is 0.338 e. The Hall–Kier alpha value is -0.810. The van der Waals surface area contributed by atoms with E-state index in [9.17, 15) is 4.79 Å². The number of piperazine rings is 1. The van der Waals surface area contributed by atoms with Gasteiger partial charge in [0.25, 0.3) is 0 Å². The van der Waals surface area contributed by atoms with Gasteiger partial charge in [0.05, 0.1) is 0 Å². The van der Waals surface area contributed by atoms with Crippen molar-refractivity contribution < 1.29 is 4.79 Å². The van der Waals surface area contributed by atoms with E-state index in [4.69, 9.17) is 0 Å². The van der Waals surface area contributed by atoms with Crippen LogP contribution < -0.4 is 5.32 Å². The maximum absolute atomic E-state index is 12.3. The molecule has 0 radical (unpaired) electrons. The molecule has 0 aromatic heterocycles. The maximum atomic E-state index is 12.3. The Morgan fingerprint density at radius 1 is 1.04 bits per heavy atom. The number of carbonyl (C=O) groups is 1. The minimum atomic E-state index is 0.139. The van der Waals surface area contributed by atoms with Crippen LogP contribution in [0.3, 0.4) is 0 Å². The molecule has 5 heteroatoms. The van der Waals surface area contributed by atoms with Gasteiger partial charge in [-0.05, 0) is 51.6 Å². The summed E-state index contributed by atoms with van der Waals surface area (Å²) in [6, 6.07) is 0.513. The van der Waals surface area contributed by atoms with E-state index < -0.39 is 0 Å². The number of hydrogen-bond acceptors (Lipinski definition) is 3. The fourth-order valence-electron chi connectivity index (χ4n) is 3.71. The lowest BCUT2D eigenvalue weighted by atomic mass is 9.92. The predicted molar refractivity (Wildman–Crippen MR) is 95.8 cm³/mol. The Labute approximate surface area is 142 Å². The van der Waals surface area contributed by atoms with Crippen LogP contribution in [0.4, 0.5) is 4.79 Å². The molecule has 0 bridgehead atoms. The molecule has 5 nitrogen and oxygen atoms in total. The highest BCUT2D eigenvalue weighted by Crippen LogP contribution is 2.22. The van der Waals surface area contributed by atoms with E-state index in [-0.39, 0.29) is 6.03 Å². The second kappa shape index (κ2) is 9.48. The topological polar surface area (TPSA) is 38.8 Å². The molecule has 2 fully saturated rings. The lowest BCUT2D eigenvalue weighted by Gasteiger charge is -2.37. The van der Waals surface area contributed by atoms with Crippen LogP contribution in [-0.4, -0.2) is 79.1 Å². The Kier molecular flexibility index (Phi) is 7.63. The molecular formula is C18H36N4O. The van der Waals surface area contributed by atoms with Gasteiger partial charge in [-0.3, -0.25) is 0 Å². The van der Waals surface area contributed by atoms with Gasteiger partial charge in [-0.2, -0.15) is 0 Å². The summed E-state index contributed by atoms with van der Waals surface area (Å²) in [6.07, 6.45) is 4.65. The molecule has 2 rings (SSSR count). The summed E-state index contributed by atoms with van der Waals surface area (Å²) < 4.78 is 0. The number of nitrogens with one attached hydrogen (secondary N) is 1. The van der Waals surface area contributed by atoms with E-state index in [1.807, 2.05) is 4.90 Å². The van der Waals surface area contributed by atoms with Gasteiger partial charge in [-0.1, -0.05) is 13.8 Å².